The van der Waals surface area contributed by atoms with Crippen molar-refractivity contribution in [2.24, 2.45) is 5.92 Å². The number of nitrogens with zero attached hydrogens (tertiary/aromatic N) is 3. The lowest BCUT2D eigenvalue weighted by molar-refractivity contribution is 0.00639. The van der Waals surface area contributed by atoms with Crippen LogP contribution in [0.25, 0.3) is 16.8 Å². The van der Waals surface area contributed by atoms with E-state index < -0.39 is 0 Å². The average Bonchev–Trinajstić information content (AvgIpc) is 3.50. The fourth-order valence-electron chi connectivity index (χ4n) is 6.89. The second-order valence-electron chi connectivity index (χ2n) is 10.6. The van der Waals surface area contributed by atoms with Crippen LogP contribution in [0.1, 0.15) is 59.6 Å². The van der Waals surface area contributed by atoms with Crippen molar-refractivity contribution >= 4 is 17.5 Å². The molecule has 6 heteroatoms. The summed E-state index contributed by atoms with van der Waals surface area (Å²) in [7, 11) is 0. The van der Waals surface area contributed by atoms with Crippen molar-refractivity contribution < 1.29 is 14.3 Å². The van der Waals surface area contributed by atoms with E-state index in [4.69, 9.17) is 4.74 Å². The Balaban J connectivity index is 1.08. The Morgan fingerprint density at radius 1 is 0.865 bits per heavy atom. The summed E-state index contributed by atoms with van der Waals surface area (Å²) in [5.41, 5.74) is 6.30. The first-order chi connectivity index (χ1) is 18.2. The Bertz CT molecular complexity index is 1450. The molecule has 2 aromatic carbocycles. The van der Waals surface area contributed by atoms with E-state index in [2.05, 4.69) is 53.5 Å². The Labute approximate surface area is 215 Å². The number of piperidine rings is 2. The number of benzene rings is 2. The number of ether oxygens (including phenoxy) is 1. The summed E-state index contributed by atoms with van der Waals surface area (Å²) < 4.78 is 7.90. The fraction of sp³-hybridized carbons (Fsp3) is 0.323. The number of imidazole rings is 1. The molecule has 1 aliphatic carbocycles. The number of carbonyl (C=O) groups excluding carboxylic acids is 2. The van der Waals surface area contributed by atoms with Crippen molar-refractivity contribution in [2.75, 3.05) is 6.61 Å². The Kier molecular flexibility index (Phi) is 5.34. The summed E-state index contributed by atoms with van der Waals surface area (Å²) in [5, 5.41) is 0. The summed E-state index contributed by atoms with van der Waals surface area (Å²) in [6, 6.07) is 22.6. The van der Waals surface area contributed by atoms with Crippen LogP contribution >= 0.6 is 0 Å². The molecule has 37 heavy (non-hydrogen) atoms. The minimum atomic E-state index is -0.239. The summed E-state index contributed by atoms with van der Waals surface area (Å²) in [6.45, 7) is 0.326. The molecule has 4 aromatic rings. The van der Waals surface area contributed by atoms with Crippen LogP contribution < -0.4 is 0 Å². The first-order valence-electron chi connectivity index (χ1n) is 13.3. The highest BCUT2D eigenvalue weighted by Gasteiger charge is 2.44. The molecule has 1 amide bonds. The van der Waals surface area contributed by atoms with E-state index in [1.54, 1.807) is 6.20 Å². The Hall–Kier alpha value is -3.93. The van der Waals surface area contributed by atoms with Gasteiger partial charge in [-0.15, -0.1) is 0 Å². The molecule has 0 saturated carbocycles. The number of pyridine rings is 1. The van der Waals surface area contributed by atoms with Crippen LogP contribution in [0.5, 0.6) is 0 Å². The molecule has 2 saturated heterocycles. The molecular formula is C31H29N3O3. The highest BCUT2D eigenvalue weighted by atomic mass is 16.6. The summed E-state index contributed by atoms with van der Waals surface area (Å²) >= 11 is 0. The lowest BCUT2D eigenvalue weighted by Crippen LogP contribution is -2.56. The van der Waals surface area contributed by atoms with Gasteiger partial charge in [-0.2, -0.15) is 0 Å². The number of amides is 1. The standard InChI is InChI=1S/C31H29N3O3/c35-30(28-18-32-29-14-5-6-15-33(28)29)20-16-21-8-7-9-22(17-20)34(21)31(36)37-19-27-25-12-3-1-10-23(25)24-11-2-4-13-26(24)27/h1-6,10-15,18,20-22,27H,7-9,16-17,19H2. The van der Waals surface area contributed by atoms with Gasteiger partial charge in [0, 0.05) is 30.1 Å². The Morgan fingerprint density at radius 3 is 2.22 bits per heavy atom. The second kappa shape index (κ2) is 8.87. The monoisotopic (exact) mass is 491 g/mol. The summed E-state index contributed by atoms with van der Waals surface area (Å²) in [6.07, 6.45) is 7.61. The van der Waals surface area contributed by atoms with Gasteiger partial charge in [-0.25, -0.2) is 9.78 Å². The van der Waals surface area contributed by atoms with Gasteiger partial charge in [0.25, 0.3) is 0 Å². The largest absolute Gasteiger partial charge is 0.448 e. The number of rotatable bonds is 4. The SMILES string of the molecule is O=C(c1cnc2ccccn12)C1CC2CCCC(C1)N2C(=O)OCC1c2ccccc2-c2ccccc21. The van der Waals surface area contributed by atoms with Crippen LogP contribution in [-0.2, 0) is 4.74 Å². The van der Waals surface area contributed by atoms with Crippen molar-refractivity contribution in [3.05, 3.63) is 95.9 Å². The van der Waals surface area contributed by atoms with E-state index in [0.29, 0.717) is 25.1 Å². The van der Waals surface area contributed by atoms with Gasteiger partial charge in [-0.05, 0) is 66.5 Å². The van der Waals surface area contributed by atoms with Crippen molar-refractivity contribution in [1.82, 2.24) is 14.3 Å². The van der Waals surface area contributed by atoms with Crippen LogP contribution in [0, 0.1) is 5.92 Å². The van der Waals surface area contributed by atoms with Gasteiger partial charge in [-0.1, -0.05) is 54.6 Å². The zero-order valence-corrected chi connectivity index (χ0v) is 20.6. The molecular weight excluding hydrogens is 462 g/mol. The van der Waals surface area contributed by atoms with E-state index in [1.807, 2.05) is 33.7 Å². The predicted molar refractivity (Wildman–Crippen MR) is 141 cm³/mol. The van der Waals surface area contributed by atoms with E-state index in [9.17, 15) is 9.59 Å². The lowest BCUT2D eigenvalue weighted by Gasteiger charge is -2.47. The number of fused-ring (bicyclic) bond motifs is 6. The molecule has 3 aliphatic rings. The molecule has 2 fully saturated rings. The first kappa shape index (κ1) is 22.3. The highest BCUT2D eigenvalue weighted by molar-refractivity contribution is 5.97. The van der Waals surface area contributed by atoms with Crippen LogP contribution in [-0.4, -0.2) is 44.9 Å². The lowest BCUT2D eigenvalue weighted by atomic mass is 9.76. The van der Waals surface area contributed by atoms with Gasteiger partial charge >= 0.3 is 6.09 Å². The van der Waals surface area contributed by atoms with Crippen molar-refractivity contribution in [2.45, 2.75) is 50.1 Å². The van der Waals surface area contributed by atoms with Gasteiger partial charge in [-0.3, -0.25) is 9.20 Å². The highest BCUT2D eigenvalue weighted by Crippen LogP contribution is 2.45. The minimum Gasteiger partial charge on any atom is -0.448 e. The molecule has 0 N–H and O–H groups in total. The second-order valence-corrected chi connectivity index (χ2v) is 10.6. The number of carbonyl (C=O) groups is 2. The predicted octanol–water partition coefficient (Wildman–Crippen LogP) is 6.10. The molecule has 0 radical (unpaired) electrons. The number of ketones is 1. The fourth-order valence-corrected chi connectivity index (χ4v) is 6.89. The normalized spacial score (nSPS) is 22.5. The van der Waals surface area contributed by atoms with E-state index >= 15 is 0 Å². The molecule has 2 aromatic heterocycles. The molecule has 2 atom stereocenters. The topological polar surface area (TPSA) is 63.9 Å². The smallest absolute Gasteiger partial charge is 0.410 e. The van der Waals surface area contributed by atoms with Crippen LogP contribution in [0.4, 0.5) is 4.79 Å². The maximum Gasteiger partial charge on any atom is 0.410 e. The number of hydrogen-bond acceptors (Lipinski definition) is 4. The minimum absolute atomic E-state index is 0.0382. The van der Waals surface area contributed by atoms with Crippen molar-refractivity contribution in [1.29, 1.82) is 0 Å². The maximum absolute atomic E-state index is 13.5. The zero-order valence-electron chi connectivity index (χ0n) is 20.6. The Morgan fingerprint density at radius 2 is 1.51 bits per heavy atom. The third-order valence-electron chi connectivity index (χ3n) is 8.56. The molecule has 2 bridgehead atoms. The number of Topliss-reactive ketones (excluding diaryl/α,β-unsaturated/α-hetero) is 1. The van der Waals surface area contributed by atoms with Crippen molar-refractivity contribution in [3.63, 3.8) is 0 Å². The van der Waals surface area contributed by atoms with Crippen LogP contribution in [0.2, 0.25) is 0 Å². The maximum atomic E-state index is 13.5. The van der Waals surface area contributed by atoms with E-state index in [1.165, 1.54) is 22.3 Å². The van der Waals surface area contributed by atoms with Gasteiger partial charge in [0.2, 0.25) is 0 Å². The molecule has 2 aliphatic heterocycles. The van der Waals surface area contributed by atoms with Crippen LogP contribution in [0.15, 0.2) is 79.1 Å². The molecule has 6 nitrogen and oxygen atoms in total. The first-order valence-corrected chi connectivity index (χ1v) is 13.3. The molecule has 4 heterocycles. The zero-order chi connectivity index (χ0) is 24.9. The van der Waals surface area contributed by atoms with Gasteiger partial charge in [0.05, 0.1) is 6.20 Å². The van der Waals surface area contributed by atoms with Gasteiger partial charge < -0.3 is 9.64 Å². The molecule has 7 rings (SSSR count). The van der Waals surface area contributed by atoms with E-state index in [-0.39, 0.29) is 35.8 Å². The summed E-state index contributed by atoms with van der Waals surface area (Å²) in [4.78, 5) is 33.4. The molecule has 186 valence electrons. The average molecular weight is 492 g/mol. The number of hydrogen-bond donors (Lipinski definition) is 0. The third kappa shape index (κ3) is 3.66. The quantitative estimate of drug-likeness (QED) is 0.324. The molecule has 0 spiro atoms. The van der Waals surface area contributed by atoms with Gasteiger partial charge in [0.15, 0.2) is 5.78 Å². The molecule has 2 unspecified atom stereocenters. The van der Waals surface area contributed by atoms with Crippen molar-refractivity contribution in [3.8, 4) is 11.1 Å². The van der Waals surface area contributed by atoms with Gasteiger partial charge in [0.1, 0.15) is 17.9 Å². The number of aromatic nitrogens is 2. The summed E-state index contributed by atoms with van der Waals surface area (Å²) in [5.74, 6) is 0.0706. The van der Waals surface area contributed by atoms with E-state index in [0.717, 1.165) is 24.9 Å². The van der Waals surface area contributed by atoms with Crippen LogP contribution in [0.3, 0.4) is 0 Å². The third-order valence-corrected chi connectivity index (χ3v) is 8.56.